The summed E-state index contributed by atoms with van der Waals surface area (Å²) in [7, 11) is 0. The van der Waals surface area contributed by atoms with E-state index in [9.17, 15) is 9.59 Å². The monoisotopic (exact) mass is 357 g/mol. The van der Waals surface area contributed by atoms with E-state index >= 15 is 0 Å². The number of benzene rings is 1. The predicted molar refractivity (Wildman–Crippen MR) is 104 cm³/mol. The lowest BCUT2D eigenvalue weighted by atomic mass is 10.1. The van der Waals surface area contributed by atoms with E-state index in [0.717, 1.165) is 50.4 Å². The average Bonchev–Trinajstić information content (AvgIpc) is 3.02. The highest BCUT2D eigenvalue weighted by Gasteiger charge is 2.38. The maximum Gasteiger partial charge on any atom is 0.228 e. The minimum atomic E-state index is -0.205. The number of carbonyl (C=O) groups excluding carboxylic acids is 2. The zero-order chi connectivity index (χ0) is 18.7. The van der Waals surface area contributed by atoms with Gasteiger partial charge < -0.3 is 9.80 Å². The second kappa shape index (κ2) is 8.21. The van der Waals surface area contributed by atoms with Crippen LogP contribution in [0.2, 0.25) is 0 Å². The van der Waals surface area contributed by atoms with Crippen LogP contribution in [-0.2, 0) is 16.0 Å². The molecule has 0 bridgehead atoms. The molecule has 0 saturated carbocycles. The van der Waals surface area contributed by atoms with Crippen molar-refractivity contribution in [1.82, 2.24) is 9.80 Å². The molecular weight excluding hydrogens is 326 g/mol. The van der Waals surface area contributed by atoms with Crippen molar-refractivity contribution < 1.29 is 9.59 Å². The molecular formula is C21H31N3O2. The summed E-state index contributed by atoms with van der Waals surface area (Å²) in [5, 5.41) is 0. The summed E-state index contributed by atoms with van der Waals surface area (Å²) in [5.74, 6) is 0.669. The van der Waals surface area contributed by atoms with Crippen LogP contribution >= 0.6 is 0 Å². The number of para-hydroxylation sites is 1. The minimum absolute atomic E-state index is 0.0719. The number of carbonyl (C=O) groups is 2. The number of amides is 2. The van der Waals surface area contributed by atoms with Gasteiger partial charge >= 0.3 is 0 Å². The maximum absolute atomic E-state index is 12.9. The van der Waals surface area contributed by atoms with Gasteiger partial charge in [0.25, 0.3) is 0 Å². The lowest BCUT2D eigenvalue weighted by Crippen LogP contribution is -2.51. The van der Waals surface area contributed by atoms with Crippen molar-refractivity contribution in [1.29, 1.82) is 0 Å². The van der Waals surface area contributed by atoms with Crippen LogP contribution in [-0.4, -0.2) is 60.9 Å². The van der Waals surface area contributed by atoms with Crippen molar-refractivity contribution in [3.8, 4) is 0 Å². The van der Waals surface area contributed by atoms with Crippen molar-refractivity contribution in [2.45, 2.75) is 33.6 Å². The molecule has 2 aliphatic heterocycles. The van der Waals surface area contributed by atoms with Crippen LogP contribution < -0.4 is 4.90 Å². The van der Waals surface area contributed by atoms with Gasteiger partial charge in [-0.3, -0.25) is 14.5 Å². The summed E-state index contributed by atoms with van der Waals surface area (Å²) in [5.41, 5.74) is 2.13. The summed E-state index contributed by atoms with van der Waals surface area (Å²) in [4.78, 5) is 31.7. The van der Waals surface area contributed by atoms with Gasteiger partial charge in [-0.1, -0.05) is 39.0 Å². The van der Waals surface area contributed by atoms with Crippen LogP contribution in [0, 0.1) is 11.8 Å². The van der Waals surface area contributed by atoms with E-state index in [1.54, 1.807) is 0 Å². The summed E-state index contributed by atoms with van der Waals surface area (Å²) >= 11 is 0. The van der Waals surface area contributed by atoms with Gasteiger partial charge in [0.05, 0.1) is 5.92 Å². The van der Waals surface area contributed by atoms with Crippen LogP contribution in [0.3, 0.4) is 0 Å². The van der Waals surface area contributed by atoms with Gasteiger partial charge in [0.2, 0.25) is 11.8 Å². The standard InChI is InChI=1S/C21H31N3O2/c1-4-17-7-5-6-8-19(17)24-15-18(13-20(24)25)21(26)23-11-9-22(10-12-23)14-16(2)3/h5-8,16,18H,4,9-15H2,1-3H3. The minimum Gasteiger partial charge on any atom is -0.340 e. The molecule has 3 rings (SSSR count). The fraction of sp³-hybridized carbons (Fsp3) is 0.619. The highest BCUT2D eigenvalue weighted by Crippen LogP contribution is 2.29. The van der Waals surface area contributed by atoms with Crippen molar-refractivity contribution in [2.75, 3.05) is 44.2 Å². The molecule has 1 aromatic rings. The van der Waals surface area contributed by atoms with Crippen LogP contribution in [0.5, 0.6) is 0 Å². The molecule has 1 atom stereocenters. The van der Waals surface area contributed by atoms with Crippen molar-refractivity contribution >= 4 is 17.5 Å². The van der Waals surface area contributed by atoms with Gasteiger partial charge in [0, 0.05) is 51.4 Å². The normalized spacial score (nSPS) is 21.7. The summed E-state index contributed by atoms with van der Waals surface area (Å²) < 4.78 is 0. The van der Waals surface area contributed by atoms with E-state index < -0.39 is 0 Å². The maximum atomic E-state index is 12.9. The Morgan fingerprint density at radius 3 is 2.50 bits per heavy atom. The van der Waals surface area contributed by atoms with Crippen LogP contribution in [0.25, 0.3) is 0 Å². The van der Waals surface area contributed by atoms with Crippen LogP contribution in [0.4, 0.5) is 5.69 Å². The third kappa shape index (κ3) is 4.09. The van der Waals surface area contributed by atoms with E-state index in [2.05, 4.69) is 31.7 Å². The first-order chi connectivity index (χ1) is 12.5. The first-order valence-corrected chi connectivity index (χ1v) is 9.89. The van der Waals surface area contributed by atoms with Gasteiger partial charge in [0.1, 0.15) is 0 Å². The first-order valence-electron chi connectivity index (χ1n) is 9.89. The van der Waals surface area contributed by atoms with Gasteiger partial charge in [0.15, 0.2) is 0 Å². The Hall–Kier alpha value is -1.88. The van der Waals surface area contributed by atoms with E-state index in [4.69, 9.17) is 0 Å². The van der Waals surface area contributed by atoms with Crippen molar-refractivity contribution in [2.24, 2.45) is 11.8 Å². The molecule has 1 unspecified atom stereocenters. The molecule has 5 heteroatoms. The Morgan fingerprint density at radius 1 is 1.15 bits per heavy atom. The zero-order valence-electron chi connectivity index (χ0n) is 16.3. The Labute approximate surface area is 156 Å². The van der Waals surface area contributed by atoms with E-state index in [1.807, 2.05) is 28.0 Å². The predicted octanol–water partition coefficient (Wildman–Crippen LogP) is 2.40. The topological polar surface area (TPSA) is 43.9 Å². The van der Waals surface area contributed by atoms with Crippen LogP contribution in [0.15, 0.2) is 24.3 Å². The summed E-state index contributed by atoms with van der Waals surface area (Å²) in [6.07, 6.45) is 1.22. The Morgan fingerprint density at radius 2 is 1.85 bits per heavy atom. The number of hydrogen-bond donors (Lipinski definition) is 0. The quantitative estimate of drug-likeness (QED) is 0.813. The summed E-state index contributed by atoms with van der Waals surface area (Å²) in [6.45, 7) is 11.6. The van der Waals surface area contributed by atoms with Gasteiger partial charge in [-0.05, 0) is 24.0 Å². The molecule has 5 nitrogen and oxygen atoms in total. The van der Waals surface area contributed by atoms with Gasteiger partial charge in [-0.2, -0.15) is 0 Å². The highest BCUT2D eigenvalue weighted by molar-refractivity contribution is 6.00. The second-order valence-electron chi connectivity index (χ2n) is 7.91. The molecule has 26 heavy (non-hydrogen) atoms. The van der Waals surface area contributed by atoms with Crippen LogP contribution in [0.1, 0.15) is 32.8 Å². The molecule has 2 saturated heterocycles. The van der Waals surface area contributed by atoms with Gasteiger partial charge in [-0.15, -0.1) is 0 Å². The Bertz CT molecular complexity index is 650. The molecule has 0 aromatic heterocycles. The molecule has 2 amide bonds. The average molecular weight is 357 g/mol. The second-order valence-corrected chi connectivity index (χ2v) is 7.91. The van der Waals surface area contributed by atoms with Gasteiger partial charge in [-0.25, -0.2) is 0 Å². The molecule has 0 radical (unpaired) electrons. The summed E-state index contributed by atoms with van der Waals surface area (Å²) in [6, 6.07) is 8.02. The molecule has 0 N–H and O–H groups in total. The fourth-order valence-electron chi connectivity index (χ4n) is 4.10. The number of aryl methyl sites for hydroxylation is 1. The largest absolute Gasteiger partial charge is 0.340 e. The number of anilines is 1. The highest BCUT2D eigenvalue weighted by atomic mass is 16.2. The Balaban J connectivity index is 1.61. The number of nitrogens with zero attached hydrogens (tertiary/aromatic N) is 3. The van der Waals surface area contributed by atoms with E-state index in [1.165, 1.54) is 0 Å². The third-order valence-electron chi connectivity index (χ3n) is 5.44. The number of piperazine rings is 1. The first kappa shape index (κ1) is 18.9. The molecule has 2 fully saturated rings. The number of hydrogen-bond acceptors (Lipinski definition) is 3. The van der Waals surface area contributed by atoms with E-state index in [-0.39, 0.29) is 17.7 Å². The number of rotatable bonds is 5. The lowest BCUT2D eigenvalue weighted by molar-refractivity contribution is -0.137. The molecule has 142 valence electrons. The molecule has 1 aromatic carbocycles. The zero-order valence-corrected chi connectivity index (χ0v) is 16.3. The van der Waals surface area contributed by atoms with Crippen molar-refractivity contribution in [3.05, 3.63) is 29.8 Å². The smallest absolute Gasteiger partial charge is 0.228 e. The lowest BCUT2D eigenvalue weighted by Gasteiger charge is -2.36. The SMILES string of the molecule is CCc1ccccc1N1CC(C(=O)N2CCN(CC(C)C)CC2)CC1=O. The molecule has 0 spiro atoms. The van der Waals surface area contributed by atoms with E-state index in [0.29, 0.717) is 18.9 Å². The van der Waals surface area contributed by atoms with Crippen molar-refractivity contribution in [3.63, 3.8) is 0 Å². The third-order valence-corrected chi connectivity index (χ3v) is 5.44. The Kier molecular flexibility index (Phi) is 5.97. The molecule has 2 aliphatic rings. The molecule has 0 aliphatic carbocycles. The molecule has 2 heterocycles. The fourth-order valence-corrected chi connectivity index (χ4v) is 4.10.